The van der Waals surface area contributed by atoms with E-state index in [1.807, 2.05) is 0 Å². The maximum atomic E-state index is 12.7. The average Bonchev–Trinajstić information content (AvgIpc) is 2.37. The molecule has 0 saturated carbocycles. The first kappa shape index (κ1) is 13.1. The topological polar surface area (TPSA) is 54.4 Å². The van der Waals surface area contributed by atoms with Crippen LogP contribution in [0.15, 0.2) is 36.4 Å². The molecule has 0 heterocycles. The fraction of sp³-hybridized carbons (Fsp3) is 0.143. The van der Waals surface area contributed by atoms with Crippen molar-refractivity contribution in [3.8, 4) is 0 Å². The number of carbonyl (C=O) groups is 2. The molecule has 0 aromatic heterocycles. The van der Waals surface area contributed by atoms with E-state index in [4.69, 9.17) is 5.11 Å². The van der Waals surface area contributed by atoms with Crippen LogP contribution in [0.1, 0.15) is 21.8 Å². The first-order valence-electron chi connectivity index (χ1n) is 5.53. The molecule has 0 radical (unpaired) electrons. The number of alkyl halides is 2. The van der Waals surface area contributed by atoms with Gasteiger partial charge in [-0.25, -0.2) is 8.78 Å². The summed E-state index contributed by atoms with van der Waals surface area (Å²) in [6.45, 7) is 0. The van der Waals surface area contributed by atoms with Crippen molar-refractivity contribution in [1.29, 1.82) is 0 Å². The first-order chi connectivity index (χ1) is 9.02. The number of benzene rings is 2. The number of carboxylic acid groups (broad SMARTS) is 1. The lowest BCUT2D eigenvalue weighted by Gasteiger charge is -2.12. The number of fused-ring (bicyclic) bond motifs is 1. The van der Waals surface area contributed by atoms with E-state index in [1.54, 1.807) is 18.2 Å². The van der Waals surface area contributed by atoms with Gasteiger partial charge >= 0.3 is 5.97 Å². The highest BCUT2D eigenvalue weighted by molar-refractivity contribution is 5.90. The third kappa shape index (κ3) is 2.59. The molecule has 0 amide bonds. The predicted octanol–water partition coefficient (Wildman–Crippen LogP) is 3.09. The molecule has 98 valence electrons. The Morgan fingerprint density at radius 3 is 2.32 bits per heavy atom. The van der Waals surface area contributed by atoms with E-state index >= 15 is 0 Å². The van der Waals surface area contributed by atoms with Gasteiger partial charge in [-0.05, 0) is 22.4 Å². The molecule has 0 aliphatic carbocycles. The van der Waals surface area contributed by atoms with E-state index in [0.717, 1.165) is 0 Å². The molecule has 1 atom stereocenters. The van der Waals surface area contributed by atoms with Crippen LogP contribution in [0.4, 0.5) is 8.78 Å². The summed E-state index contributed by atoms with van der Waals surface area (Å²) in [7, 11) is 0. The van der Waals surface area contributed by atoms with Gasteiger partial charge in [0.05, 0.1) is 0 Å². The fourth-order valence-electron chi connectivity index (χ4n) is 1.95. The highest BCUT2D eigenvalue weighted by Gasteiger charge is 2.29. The number of carbonyl (C=O) groups excluding carboxylic acids is 1. The number of aliphatic carboxylic acids is 1. The average molecular weight is 264 g/mol. The minimum Gasteiger partial charge on any atom is -0.481 e. The Hall–Kier alpha value is -2.30. The molecule has 1 unspecified atom stereocenters. The van der Waals surface area contributed by atoms with Crippen LogP contribution >= 0.6 is 0 Å². The van der Waals surface area contributed by atoms with Crippen molar-refractivity contribution < 1.29 is 23.5 Å². The lowest BCUT2D eigenvalue weighted by molar-refractivity contribution is -0.142. The van der Waals surface area contributed by atoms with E-state index < -0.39 is 18.3 Å². The molecule has 1 N–H and O–H groups in total. The Morgan fingerprint density at radius 1 is 1.11 bits per heavy atom. The number of aldehydes is 1. The smallest absolute Gasteiger partial charge is 0.316 e. The van der Waals surface area contributed by atoms with Crippen LogP contribution in [0.3, 0.4) is 0 Å². The van der Waals surface area contributed by atoms with Gasteiger partial charge in [0.2, 0.25) is 0 Å². The minimum absolute atomic E-state index is 0.0499. The van der Waals surface area contributed by atoms with E-state index in [-0.39, 0.29) is 5.56 Å². The van der Waals surface area contributed by atoms with Crippen LogP contribution in [0.25, 0.3) is 10.8 Å². The van der Waals surface area contributed by atoms with Gasteiger partial charge in [-0.2, -0.15) is 0 Å². The minimum atomic E-state index is -2.97. The highest BCUT2D eigenvalue weighted by atomic mass is 19.3. The van der Waals surface area contributed by atoms with Gasteiger partial charge in [0, 0.05) is 5.56 Å². The standard InChI is InChI=1S/C14H10F2O3/c15-13(16)12(14(18)19)11-4-3-9-5-8(7-17)1-2-10(9)6-11/h1-7,12-13H,(H,18,19). The van der Waals surface area contributed by atoms with Crippen molar-refractivity contribution in [3.05, 3.63) is 47.5 Å². The lowest BCUT2D eigenvalue weighted by Crippen LogP contribution is -2.19. The van der Waals surface area contributed by atoms with E-state index in [2.05, 4.69) is 0 Å². The summed E-state index contributed by atoms with van der Waals surface area (Å²) in [5.41, 5.74) is 0.526. The lowest BCUT2D eigenvalue weighted by atomic mass is 9.96. The Kier molecular flexibility index (Phi) is 3.55. The quantitative estimate of drug-likeness (QED) is 0.863. The summed E-state index contributed by atoms with van der Waals surface area (Å²) in [4.78, 5) is 21.5. The monoisotopic (exact) mass is 264 g/mol. The van der Waals surface area contributed by atoms with Gasteiger partial charge in [-0.15, -0.1) is 0 Å². The second-order valence-corrected chi connectivity index (χ2v) is 4.13. The summed E-state index contributed by atoms with van der Waals surface area (Å²) in [5, 5.41) is 10.1. The second kappa shape index (κ2) is 5.14. The van der Waals surface area contributed by atoms with Gasteiger partial charge in [-0.3, -0.25) is 9.59 Å². The molecule has 0 spiro atoms. The van der Waals surface area contributed by atoms with Crippen LogP contribution in [-0.2, 0) is 4.79 Å². The normalized spacial score (nSPS) is 12.6. The molecule has 5 heteroatoms. The zero-order valence-electron chi connectivity index (χ0n) is 9.72. The van der Waals surface area contributed by atoms with Crippen LogP contribution in [-0.4, -0.2) is 23.8 Å². The molecule has 0 aliphatic rings. The van der Waals surface area contributed by atoms with Crippen molar-refractivity contribution in [3.63, 3.8) is 0 Å². The molecule has 0 aliphatic heterocycles. The maximum Gasteiger partial charge on any atom is 0.316 e. The summed E-state index contributed by atoms with van der Waals surface area (Å²) >= 11 is 0. The molecule has 0 fully saturated rings. The largest absolute Gasteiger partial charge is 0.481 e. The van der Waals surface area contributed by atoms with Crippen LogP contribution < -0.4 is 0 Å². The van der Waals surface area contributed by atoms with Crippen LogP contribution in [0.2, 0.25) is 0 Å². The summed E-state index contributed by atoms with van der Waals surface area (Å²) < 4.78 is 25.5. The number of hydrogen-bond donors (Lipinski definition) is 1. The molecular formula is C14H10F2O3. The van der Waals surface area contributed by atoms with E-state index in [0.29, 0.717) is 22.6 Å². The summed E-state index contributed by atoms with van der Waals surface area (Å²) in [5.74, 6) is -3.39. The van der Waals surface area contributed by atoms with E-state index in [1.165, 1.54) is 18.2 Å². The summed E-state index contributed by atoms with van der Waals surface area (Å²) in [6, 6.07) is 9.07. The number of hydrogen-bond acceptors (Lipinski definition) is 2. The fourth-order valence-corrected chi connectivity index (χ4v) is 1.95. The van der Waals surface area contributed by atoms with Crippen molar-refractivity contribution in [2.75, 3.05) is 0 Å². The SMILES string of the molecule is O=Cc1ccc2cc(C(C(=O)O)C(F)F)ccc2c1. The van der Waals surface area contributed by atoms with Crippen molar-refractivity contribution in [2.45, 2.75) is 12.3 Å². The third-order valence-corrected chi connectivity index (χ3v) is 2.90. The molecule has 2 aromatic rings. The molecule has 19 heavy (non-hydrogen) atoms. The predicted molar refractivity (Wildman–Crippen MR) is 65.7 cm³/mol. The molecule has 3 nitrogen and oxygen atoms in total. The second-order valence-electron chi connectivity index (χ2n) is 4.13. The number of halogens is 2. The molecule has 0 bridgehead atoms. The van der Waals surface area contributed by atoms with Gasteiger partial charge in [-0.1, -0.05) is 30.3 Å². The maximum absolute atomic E-state index is 12.7. The Balaban J connectivity index is 2.52. The zero-order chi connectivity index (χ0) is 14.0. The van der Waals surface area contributed by atoms with Gasteiger partial charge < -0.3 is 5.11 Å². The van der Waals surface area contributed by atoms with Gasteiger partial charge in [0.1, 0.15) is 12.2 Å². The Bertz CT molecular complexity index is 638. The van der Waals surface area contributed by atoms with Crippen molar-refractivity contribution in [1.82, 2.24) is 0 Å². The molecule has 2 aromatic carbocycles. The first-order valence-corrected chi connectivity index (χ1v) is 5.53. The molecule has 0 saturated heterocycles. The van der Waals surface area contributed by atoms with Gasteiger partial charge in [0.15, 0.2) is 0 Å². The highest BCUT2D eigenvalue weighted by Crippen LogP contribution is 2.27. The Labute approximate surface area is 107 Å². The Morgan fingerprint density at radius 2 is 1.74 bits per heavy atom. The molecular weight excluding hydrogens is 254 g/mol. The zero-order valence-corrected chi connectivity index (χ0v) is 9.72. The molecule has 2 rings (SSSR count). The number of rotatable bonds is 4. The third-order valence-electron chi connectivity index (χ3n) is 2.90. The van der Waals surface area contributed by atoms with Crippen LogP contribution in [0, 0.1) is 0 Å². The van der Waals surface area contributed by atoms with Gasteiger partial charge in [0.25, 0.3) is 6.43 Å². The van der Waals surface area contributed by atoms with Crippen LogP contribution in [0.5, 0.6) is 0 Å². The van der Waals surface area contributed by atoms with Crippen molar-refractivity contribution in [2.24, 2.45) is 0 Å². The van der Waals surface area contributed by atoms with E-state index in [9.17, 15) is 18.4 Å². The van der Waals surface area contributed by atoms with Crippen molar-refractivity contribution >= 4 is 23.0 Å². The number of carboxylic acids is 1. The summed E-state index contributed by atoms with van der Waals surface area (Å²) in [6.07, 6.45) is -2.28.